The molecule has 4 N–H and O–H groups in total. The van der Waals surface area contributed by atoms with E-state index in [1.165, 1.54) is 276 Å². The third-order valence-corrected chi connectivity index (χ3v) is 16.1. The molecular formula is C69H133NO6. The van der Waals surface area contributed by atoms with E-state index in [9.17, 15) is 24.9 Å². The summed E-state index contributed by atoms with van der Waals surface area (Å²) in [5.74, 6) is -0.141. The van der Waals surface area contributed by atoms with Gasteiger partial charge in [0.25, 0.3) is 0 Å². The van der Waals surface area contributed by atoms with Gasteiger partial charge in [-0.15, -0.1) is 0 Å². The number of esters is 1. The standard InChI is InChI=1S/C69H133NO6/c1-3-5-7-9-11-13-15-17-32-36-40-44-48-52-56-60-66(72)69(75)65(64-71)70-67(73)61-57-53-49-45-41-37-34-30-28-26-24-22-20-19-21-23-25-27-29-31-35-39-43-47-51-55-59-63-76-68(74)62-58-54-50-46-42-38-33-18-16-14-12-10-8-6-4-2/h12,14,18,33,65-66,69,71-72,75H,3-11,13,15-17,19-32,34-64H2,1-2H3,(H,70,73)/b14-12-,33-18-/t65-,66+,69-/m0/s1. The van der Waals surface area contributed by atoms with E-state index in [1.807, 2.05) is 0 Å². The van der Waals surface area contributed by atoms with Crippen molar-refractivity contribution in [1.82, 2.24) is 5.32 Å². The highest BCUT2D eigenvalue weighted by molar-refractivity contribution is 5.76. The van der Waals surface area contributed by atoms with Crippen molar-refractivity contribution in [2.75, 3.05) is 13.2 Å². The van der Waals surface area contributed by atoms with Crippen molar-refractivity contribution in [3.63, 3.8) is 0 Å². The maximum Gasteiger partial charge on any atom is 0.305 e. The molecule has 7 nitrogen and oxygen atoms in total. The Hall–Kier alpha value is -1.70. The zero-order valence-corrected chi connectivity index (χ0v) is 51.1. The Morgan fingerprint density at radius 1 is 0.382 bits per heavy atom. The second kappa shape index (κ2) is 64.1. The van der Waals surface area contributed by atoms with Crippen molar-refractivity contribution in [2.24, 2.45) is 0 Å². The third-order valence-electron chi connectivity index (χ3n) is 16.1. The first-order valence-corrected chi connectivity index (χ1v) is 34.2. The van der Waals surface area contributed by atoms with E-state index in [0.29, 0.717) is 25.9 Å². The fourth-order valence-corrected chi connectivity index (χ4v) is 10.8. The van der Waals surface area contributed by atoms with Crippen molar-refractivity contribution in [3.05, 3.63) is 24.3 Å². The van der Waals surface area contributed by atoms with Crippen LogP contribution in [-0.4, -0.2) is 58.7 Å². The maximum absolute atomic E-state index is 12.5. The number of carbonyl (C=O) groups excluding carboxylic acids is 2. The van der Waals surface area contributed by atoms with E-state index in [4.69, 9.17) is 4.74 Å². The van der Waals surface area contributed by atoms with Crippen LogP contribution in [0.5, 0.6) is 0 Å². The molecule has 76 heavy (non-hydrogen) atoms. The lowest BCUT2D eigenvalue weighted by atomic mass is 9.99. The molecule has 0 aromatic carbocycles. The molecule has 0 heterocycles. The number of unbranched alkanes of at least 4 members (excludes halogenated alkanes) is 48. The van der Waals surface area contributed by atoms with Gasteiger partial charge in [0, 0.05) is 12.8 Å². The summed E-state index contributed by atoms with van der Waals surface area (Å²) in [5.41, 5.74) is 0. The first-order chi connectivity index (χ1) is 37.5. The Morgan fingerprint density at radius 3 is 1.07 bits per heavy atom. The molecule has 0 radical (unpaired) electrons. The summed E-state index contributed by atoms with van der Waals surface area (Å²) in [4.78, 5) is 24.6. The maximum atomic E-state index is 12.5. The summed E-state index contributed by atoms with van der Waals surface area (Å²) in [6, 6.07) is -0.812. The molecule has 0 rings (SSSR count). The molecule has 0 aromatic heterocycles. The van der Waals surface area contributed by atoms with Crippen LogP contribution in [-0.2, 0) is 14.3 Å². The Kier molecular flexibility index (Phi) is 62.7. The molecule has 0 unspecified atom stereocenters. The molecule has 0 aliphatic carbocycles. The van der Waals surface area contributed by atoms with Crippen LogP contribution in [0.25, 0.3) is 0 Å². The number of carbonyl (C=O) groups is 2. The lowest BCUT2D eigenvalue weighted by molar-refractivity contribution is -0.143. The van der Waals surface area contributed by atoms with Gasteiger partial charge >= 0.3 is 5.97 Å². The molecule has 7 heteroatoms. The average Bonchev–Trinajstić information content (AvgIpc) is 3.42. The Morgan fingerprint density at radius 2 is 0.684 bits per heavy atom. The highest BCUT2D eigenvalue weighted by atomic mass is 16.5. The minimum absolute atomic E-state index is 0.00158. The molecule has 0 saturated carbocycles. The van der Waals surface area contributed by atoms with Crippen LogP contribution in [0.1, 0.15) is 373 Å². The van der Waals surface area contributed by atoms with E-state index in [0.717, 1.165) is 64.2 Å². The van der Waals surface area contributed by atoms with Gasteiger partial charge in [0.1, 0.15) is 6.10 Å². The van der Waals surface area contributed by atoms with Gasteiger partial charge in [-0.05, 0) is 57.8 Å². The highest BCUT2D eigenvalue weighted by Crippen LogP contribution is 2.19. The third kappa shape index (κ3) is 58.4. The lowest BCUT2D eigenvalue weighted by Gasteiger charge is -2.26. The van der Waals surface area contributed by atoms with Crippen LogP contribution in [0.2, 0.25) is 0 Å². The lowest BCUT2D eigenvalue weighted by Crippen LogP contribution is -2.50. The SMILES string of the molecule is CCCCC/C=C\C/C=C\CCCCCCCC(=O)OCCCCCCCCCCCCCCCCCCCCCCCCCCCCCC(=O)N[C@@H](CO)[C@H](O)[C@H](O)CCCCCCCCCCCCCCCCC. The number of hydrogen-bond donors (Lipinski definition) is 4. The zero-order chi connectivity index (χ0) is 55.1. The van der Waals surface area contributed by atoms with E-state index in [1.54, 1.807) is 0 Å². The van der Waals surface area contributed by atoms with E-state index in [-0.39, 0.29) is 18.5 Å². The molecule has 0 aliphatic rings. The number of nitrogens with one attached hydrogen (secondary N) is 1. The number of amides is 1. The smallest absolute Gasteiger partial charge is 0.305 e. The number of allylic oxidation sites excluding steroid dienone is 4. The van der Waals surface area contributed by atoms with Crippen LogP contribution in [0.4, 0.5) is 0 Å². The van der Waals surface area contributed by atoms with E-state index < -0.39 is 18.2 Å². The van der Waals surface area contributed by atoms with E-state index >= 15 is 0 Å². The van der Waals surface area contributed by atoms with Crippen molar-refractivity contribution >= 4 is 11.9 Å². The zero-order valence-electron chi connectivity index (χ0n) is 51.1. The number of aliphatic hydroxyl groups is 3. The first kappa shape index (κ1) is 74.3. The summed E-state index contributed by atoms with van der Waals surface area (Å²) in [6.45, 7) is 4.77. The molecule has 0 bridgehead atoms. The largest absolute Gasteiger partial charge is 0.466 e. The Balaban J connectivity index is 3.40. The molecular weight excluding hydrogens is 939 g/mol. The number of hydrogen-bond acceptors (Lipinski definition) is 6. The Labute approximate surface area is 474 Å². The van der Waals surface area contributed by atoms with Gasteiger partial charge in [-0.1, -0.05) is 327 Å². The predicted octanol–water partition coefficient (Wildman–Crippen LogP) is 20.7. The molecule has 0 saturated heterocycles. The van der Waals surface area contributed by atoms with Crippen LogP contribution < -0.4 is 5.32 Å². The number of aliphatic hydroxyl groups excluding tert-OH is 3. The van der Waals surface area contributed by atoms with Crippen molar-refractivity contribution in [1.29, 1.82) is 0 Å². The second-order valence-electron chi connectivity index (χ2n) is 23.7. The fourth-order valence-electron chi connectivity index (χ4n) is 10.8. The molecule has 450 valence electrons. The first-order valence-electron chi connectivity index (χ1n) is 34.2. The summed E-state index contributed by atoms with van der Waals surface area (Å²) in [7, 11) is 0. The van der Waals surface area contributed by atoms with Gasteiger partial charge in [-0.3, -0.25) is 9.59 Å². The van der Waals surface area contributed by atoms with Crippen LogP contribution >= 0.6 is 0 Å². The molecule has 0 spiro atoms. The second-order valence-corrected chi connectivity index (χ2v) is 23.7. The topological polar surface area (TPSA) is 116 Å². The van der Waals surface area contributed by atoms with Gasteiger partial charge in [0.05, 0.1) is 25.4 Å². The van der Waals surface area contributed by atoms with Gasteiger partial charge < -0.3 is 25.4 Å². The van der Waals surface area contributed by atoms with Crippen LogP contribution in [0.15, 0.2) is 24.3 Å². The minimum Gasteiger partial charge on any atom is -0.466 e. The van der Waals surface area contributed by atoms with Gasteiger partial charge in [0.2, 0.25) is 5.91 Å². The summed E-state index contributed by atoms with van der Waals surface area (Å²) >= 11 is 0. The normalized spacial score (nSPS) is 13.1. The molecule has 0 aromatic rings. The monoisotopic (exact) mass is 1070 g/mol. The quantitative estimate of drug-likeness (QED) is 0.0274. The van der Waals surface area contributed by atoms with Crippen molar-refractivity contribution in [2.45, 2.75) is 392 Å². The number of ether oxygens (including phenoxy) is 1. The summed E-state index contributed by atoms with van der Waals surface area (Å²) < 4.78 is 5.48. The fraction of sp³-hybridized carbons (Fsp3) is 0.913. The van der Waals surface area contributed by atoms with Crippen molar-refractivity contribution in [3.8, 4) is 0 Å². The predicted molar refractivity (Wildman–Crippen MR) is 330 cm³/mol. The summed E-state index contributed by atoms with van der Waals surface area (Å²) in [6.07, 6.45) is 76.6. The van der Waals surface area contributed by atoms with Gasteiger partial charge in [-0.25, -0.2) is 0 Å². The Bertz CT molecular complexity index is 1210. The van der Waals surface area contributed by atoms with E-state index in [2.05, 4.69) is 43.5 Å². The molecule has 3 atom stereocenters. The van der Waals surface area contributed by atoms with Crippen LogP contribution in [0.3, 0.4) is 0 Å². The minimum atomic E-state index is -1.14. The van der Waals surface area contributed by atoms with Gasteiger partial charge in [-0.2, -0.15) is 0 Å². The van der Waals surface area contributed by atoms with Gasteiger partial charge in [0.15, 0.2) is 0 Å². The summed E-state index contributed by atoms with van der Waals surface area (Å²) in [5, 5.41) is 33.8. The molecule has 1 amide bonds. The number of rotatable bonds is 64. The average molecular weight is 1070 g/mol. The highest BCUT2D eigenvalue weighted by Gasteiger charge is 2.27. The van der Waals surface area contributed by atoms with Crippen LogP contribution in [0, 0.1) is 0 Å². The molecule has 0 fully saturated rings. The molecule has 0 aliphatic heterocycles. The van der Waals surface area contributed by atoms with Crippen molar-refractivity contribution < 1.29 is 29.6 Å².